The van der Waals surface area contributed by atoms with Crippen LogP contribution in [0.3, 0.4) is 0 Å². The van der Waals surface area contributed by atoms with Gasteiger partial charge in [0, 0.05) is 18.9 Å². The number of carbonyl (C=O) groups excluding carboxylic acids is 1. The maximum Gasteiger partial charge on any atom is 0.328 e. The molecule has 1 aromatic carbocycles. The molecule has 0 radical (unpaired) electrons. The molecular formula is C17H23N3O5S. The van der Waals surface area contributed by atoms with Crippen LogP contribution < -0.4 is 10.0 Å². The molecule has 1 aromatic rings. The van der Waals surface area contributed by atoms with Crippen molar-refractivity contribution < 1.29 is 22.8 Å². The molecule has 26 heavy (non-hydrogen) atoms. The highest BCUT2D eigenvalue weighted by Gasteiger charge is 2.26. The van der Waals surface area contributed by atoms with Crippen molar-refractivity contribution in [1.82, 2.24) is 10.0 Å². The zero-order valence-corrected chi connectivity index (χ0v) is 15.4. The number of oxime groups is 1. The average molecular weight is 381 g/mol. The number of rotatable bonds is 6. The van der Waals surface area contributed by atoms with Gasteiger partial charge < -0.3 is 14.9 Å². The van der Waals surface area contributed by atoms with Crippen LogP contribution in [0.5, 0.6) is 0 Å². The molecule has 1 fully saturated rings. The fourth-order valence-corrected chi connectivity index (χ4v) is 4.23. The minimum Gasteiger partial charge on any atom is -0.390 e. The summed E-state index contributed by atoms with van der Waals surface area (Å²) < 4.78 is 31.1. The molecule has 0 aliphatic carbocycles. The fraction of sp³-hybridized carbons (Fsp3) is 0.529. The molecule has 3 rings (SSSR count). The number of nitrogens with one attached hydrogen (secondary N) is 2. The summed E-state index contributed by atoms with van der Waals surface area (Å²) in [4.78, 5) is 17.2. The van der Waals surface area contributed by atoms with E-state index in [9.17, 15) is 13.2 Å². The van der Waals surface area contributed by atoms with E-state index in [1.54, 1.807) is 0 Å². The van der Waals surface area contributed by atoms with Crippen molar-refractivity contribution in [2.75, 3.05) is 25.5 Å². The molecule has 2 aliphatic rings. The Morgan fingerprint density at radius 1 is 1.31 bits per heavy atom. The summed E-state index contributed by atoms with van der Waals surface area (Å²) in [5.74, 6) is -0.176. The van der Waals surface area contributed by atoms with Crippen LogP contribution in [0.1, 0.15) is 24.0 Å². The molecule has 2 heterocycles. The van der Waals surface area contributed by atoms with Crippen LogP contribution in [0.4, 0.5) is 4.79 Å². The third kappa shape index (κ3) is 5.18. The standard InChI is InChI=1S/C17H23N3O5S/c1-12-2-4-14(5-3-12)16-8-15(25-19-16)9-18-17(21)20-26(22,23)11-13-6-7-24-10-13/h2-5,13,15H,6-11H2,1H3,(H2,18,20,21). The number of benzene rings is 1. The summed E-state index contributed by atoms with van der Waals surface area (Å²) in [5, 5.41) is 6.58. The maximum atomic E-state index is 12.0. The lowest BCUT2D eigenvalue weighted by molar-refractivity contribution is 0.0867. The first kappa shape index (κ1) is 18.7. The molecule has 8 nitrogen and oxygen atoms in total. The molecule has 2 unspecified atom stereocenters. The summed E-state index contributed by atoms with van der Waals surface area (Å²) in [6.07, 6.45) is 0.926. The van der Waals surface area contributed by atoms with E-state index in [2.05, 4.69) is 10.5 Å². The van der Waals surface area contributed by atoms with Gasteiger partial charge in [-0.05, 0) is 18.9 Å². The van der Waals surface area contributed by atoms with Gasteiger partial charge in [0.25, 0.3) is 0 Å². The topological polar surface area (TPSA) is 106 Å². The van der Waals surface area contributed by atoms with Gasteiger partial charge in [-0.15, -0.1) is 0 Å². The molecule has 0 saturated carbocycles. The van der Waals surface area contributed by atoms with Crippen molar-refractivity contribution >= 4 is 21.8 Å². The van der Waals surface area contributed by atoms with E-state index in [1.807, 2.05) is 35.9 Å². The lowest BCUT2D eigenvalue weighted by Crippen LogP contribution is -2.44. The summed E-state index contributed by atoms with van der Waals surface area (Å²) in [6, 6.07) is 7.18. The van der Waals surface area contributed by atoms with Crippen LogP contribution in [-0.2, 0) is 19.6 Å². The molecule has 142 valence electrons. The minimum atomic E-state index is -3.68. The second kappa shape index (κ2) is 8.05. The third-order valence-corrected chi connectivity index (χ3v) is 5.74. The van der Waals surface area contributed by atoms with E-state index < -0.39 is 16.1 Å². The number of amides is 2. The molecular weight excluding hydrogens is 358 g/mol. The highest BCUT2D eigenvalue weighted by Crippen LogP contribution is 2.17. The van der Waals surface area contributed by atoms with E-state index in [1.165, 1.54) is 0 Å². The monoisotopic (exact) mass is 381 g/mol. The lowest BCUT2D eigenvalue weighted by atomic mass is 10.0. The Kier molecular flexibility index (Phi) is 5.77. The summed E-state index contributed by atoms with van der Waals surface area (Å²) >= 11 is 0. The Balaban J connectivity index is 1.42. The van der Waals surface area contributed by atoms with Gasteiger partial charge in [0.05, 0.1) is 24.6 Å². The number of nitrogens with zero attached hydrogens (tertiary/aromatic N) is 1. The molecule has 2 amide bonds. The third-order valence-electron chi connectivity index (χ3n) is 4.34. The van der Waals surface area contributed by atoms with Crippen LogP contribution in [-0.4, -0.2) is 51.8 Å². The quantitative estimate of drug-likeness (QED) is 0.769. The van der Waals surface area contributed by atoms with Crippen LogP contribution in [0.2, 0.25) is 0 Å². The Hall–Kier alpha value is -2.13. The molecule has 9 heteroatoms. The second-order valence-corrected chi connectivity index (χ2v) is 8.43. The van der Waals surface area contributed by atoms with Gasteiger partial charge in [-0.2, -0.15) is 0 Å². The van der Waals surface area contributed by atoms with Gasteiger partial charge in [-0.25, -0.2) is 17.9 Å². The van der Waals surface area contributed by atoms with Crippen molar-refractivity contribution in [1.29, 1.82) is 0 Å². The predicted octanol–water partition coefficient (Wildman–Crippen LogP) is 1.15. The largest absolute Gasteiger partial charge is 0.390 e. The van der Waals surface area contributed by atoms with E-state index in [0.717, 1.165) is 16.8 Å². The molecule has 0 bridgehead atoms. The molecule has 0 aromatic heterocycles. The van der Waals surface area contributed by atoms with Crippen molar-refractivity contribution in [3.63, 3.8) is 0 Å². The lowest BCUT2D eigenvalue weighted by Gasteiger charge is -2.13. The molecule has 2 aliphatic heterocycles. The smallest absolute Gasteiger partial charge is 0.328 e. The fourth-order valence-electron chi connectivity index (χ4n) is 2.90. The van der Waals surface area contributed by atoms with E-state index in [-0.39, 0.29) is 24.3 Å². The molecule has 1 saturated heterocycles. The summed E-state index contributed by atoms with van der Waals surface area (Å²) in [6.45, 7) is 3.16. The zero-order valence-electron chi connectivity index (χ0n) is 14.6. The predicted molar refractivity (Wildman–Crippen MR) is 96.5 cm³/mol. The van der Waals surface area contributed by atoms with Crippen LogP contribution in [0.25, 0.3) is 0 Å². The van der Waals surface area contributed by atoms with Gasteiger partial charge in [0.15, 0.2) is 6.10 Å². The highest BCUT2D eigenvalue weighted by molar-refractivity contribution is 7.90. The van der Waals surface area contributed by atoms with Gasteiger partial charge in [0.2, 0.25) is 10.0 Å². The zero-order chi connectivity index (χ0) is 18.6. The van der Waals surface area contributed by atoms with Crippen molar-refractivity contribution in [3.05, 3.63) is 35.4 Å². The van der Waals surface area contributed by atoms with E-state index in [4.69, 9.17) is 9.57 Å². The normalized spacial score (nSPS) is 22.6. The van der Waals surface area contributed by atoms with Crippen LogP contribution in [0, 0.1) is 12.8 Å². The number of carbonyl (C=O) groups is 1. The van der Waals surface area contributed by atoms with Gasteiger partial charge >= 0.3 is 6.03 Å². The second-order valence-electron chi connectivity index (χ2n) is 6.66. The number of ether oxygens (including phenoxy) is 1. The van der Waals surface area contributed by atoms with Crippen molar-refractivity contribution in [2.45, 2.75) is 25.9 Å². The first-order valence-corrected chi connectivity index (χ1v) is 10.2. The summed E-state index contributed by atoms with van der Waals surface area (Å²) in [7, 11) is -3.68. The van der Waals surface area contributed by atoms with Crippen molar-refractivity contribution in [3.8, 4) is 0 Å². The maximum absolute atomic E-state index is 12.0. The number of hydrogen-bond acceptors (Lipinski definition) is 6. The average Bonchev–Trinajstić information content (AvgIpc) is 3.24. The summed E-state index contributed by atoms with van der Waals surface area (Å²) in [5.41, 5.74) is 2.95. The first-order valence-electron chi connectivity index (χ1n) is 8.57. The van der Waals surface area contributed by atoms with Gasteiger partial charge in [-0.3, -0.25) is 0 Å². The van der Waals surface area contributed by atoms with Gasteiger partial charge in [0.1, 0.15) is 0 Å². The number of hydrogen-bond donors (Lipinski definition) is 2. The molecule has 0 spiro atoms. The highest BCUT2D eigenvalue weighted by atomic mass is 32.2. The Morgan fingerprint density at radius 3 is 2.77 bits per heavy atom. The Bertz CT molecular complexity index is 770. The van der Waals surface area contributed by atoms with Crippen LogP contribution in [0.15, 0.2) is 29.4 Å². The number of urea groups is 1. The van der Waals surface area contributed by atoms with E-state index in [0.29, 0.717) is 26.1 Å². The van der Waals surface area contributed by atoms with Gasteiger partial charge in [-0.1, -0.05) is 35.0 Å². The minimum absolute atomic E-state index is 0.0658. The SMILES string of the molecule is Cc1ccc(C2=NOC(CNC(=O)NS(=O)(=O)CC3CCOC3)C2)cc1. The number of sulfonamides is 1. The number of aryl methyl sites for hydroxylation is 1. The molecule has 2 atom stereocenters. The Labute approximate surface area is 153 Å². The Morgan fingerprint density at radius 2 is 2.08 bits per heavy atom. The molecule has 2 N–H and O–H groups in total. The van der Waals surface area contributed by atoms with E-state index >= 15 is 0 Å². The van der Waals surface area contributed by atoms with Crippen LogP contribution >= 0.6 is 0 Å². The van der Waals surface area contributed by atoms with Crippen molar-refractivity contribution in [2.24, 2.45) is 11.1 Å². The first-order chi connectivity index (χ1) is 12.4.